The molecule has 1 heterocycles. The average Bonchev–Trinajstić information content (AvgIpc) is 2.55. The lowest BCUT2D eigenvalue weighted by Crippen LogP contribution is -2.43. The van der Waals surface area contributed by atoms with E-state index in [1.54, 1.807) is 13.8 Å². The van der Waals surface area contributed by atoms with E-state index in [4.69, 9.17) is 9.47 Å². The largest absolute Gasteiger partial charge is 0.450 e. The summed E-state index contributed by atoms with van der Waals surface area (Å²) < 4.78 is 9.87. The van der Waals surface area contributed by atoms with Gasteiger partial charge in [-0.15, -0.1) is 0 Å². The van der Waals surface area contributed by atoms with Crippen molar-refractivity contribution in [3.8, 4) is 0 Å². The molecule has 0 unspecified atom stereocenters. The zero-order valence-electron chi connectivity index (χ0n) is 10.5. The van der Waals surface area contributed by atoms with Crippen LogP contribution in [-0.2, 0) is 9.47 Å². The van der Waals surface area contributed by atoms with Crippen LogP contribution in [0.25, 0.3) is 0 Å². The number of rotatable bonds is 2. The molecule has 0 aromatic carbocycles. The highest BCUT2D eigenvalue weighted by molar-refractivity contribution is 5.70. The molecule has 0 atom stereocenters. The SMILES string of the molecule is CCOC(=O)N1CCCCN(C(=O)OCC)C1. The number of hydrogen-bond acceptors (Lipinski definition) is 4. The topological polar surface area (TPSA) is 59.1 Å². The van der Waals surface area contributed by atoms with Crippen molar-refractivity contribution in [3.63, 3.8) is 0 Å². The molecule has 0 N–H and O–H groups in total. The van der Waals surface area contributed by atoms with Crippen LogP contribution in [0.1, 0.15) is 26.7 Å². The minimum Gasteiger partial charge on any atom is -0.450 e. The van der Waals surface area contributed by atoms with Gasteiger partial charge < -0.3 is 9.47 Å². The maximum Gasteiger partial charge on any atom is 0.411 e. The van der Waals surface area contributed by atoms with Crippen molar-refractivity contribution >= 4 is 12.2 Å². The van der Waals surface area contributed by atoms with Gasteiger partial charge in [-0.1, -0.05) is 0 Å². The first-order valence-electron chi connectivity index (χ1n) is 6.02. The Kier molecular flexibility index (Phi) is 5.59. The lowest BCUT2D eigenvalue weighted by Gasteiger charge is -2.25. The third-order valence-corrected chi connectivity index (χ3v) is 2.50. The fourth-order valence-electron chi connectivity index (χ4n) is 1.68. The number of nitrogens with zero attached hydrogens (tertiary/aromatic N) is 2. The van der Waals surface area contributed by atoms with E-state index in [1.165, 1.54) is 9.80 Å². The van der Waals surface area contributed by atoms with Crippen LogP contribution in [0.5, 0.6) is 0 Å². The van der Waals surface area contributed by atoms with Gasteiger partial charge in [0.2, 0.25) is 0 Å². The van der Waals surface area contributed by atoms with Gasteiger partial charge in [-0.2, -0.15) is 0 Å². The van der Waals surface area contributed by atoms with Crippen LogP contribution in [0.15, 0.2) is 0 Å². The van der Waals surface area contributed by atoms with Gasteiger partial charge >= 0.3 is 12.2 Å². The number of ether oxygens (including phenoxy) is 2. The number of carbonyl (C=O) groups excluding carboxylic acids is 2. The molecule has 0 aromatic heterocycles. The monoisotopic (exact) mass is 244 g/mol. The molecule has 1 saturated heterocycles. The molecule has 1 fully saturated rings. The van der Waals surface area contributed by atoms with Crippen molar-refractivity contribution in [2.45, 2.75) is 26.7 Å². The molecule has 0 spiro atoms. The molecule has 2 amide bonds. The summed E-state index contributed by atoms with van der Waals surface area (Å²) >= 11 is 0. The maximum atomic E-state index is 11.6. The van der Waals surface area contributed by atoms with E-state index in [0.717, 1.165) is 12.8 Å². The highest BCUT2D eigenvalue weighted by Crippen LogP contribution is 2.09. The van der Waals surface area contributed by atoms with Gasteiger partial charge in [0.1, 0.15) is 6.67 Å². The van der Waals surface area contributed by atoms with Crippen LogP contribution in [0.4, 0.5) is 9.59 Å². The Hall–Kier alpha value is -1.46. The van der Waals surface area contributed by atoms with Crippen molar-refractivity contribution in [2.24, 2.45) is 0 Å². The number of amides is 2. The summed E-state index contributed by atoms with van der Waals surface area (Å²) in [6.07, 6.45) is 0.996. The zero-order valence-corrected chi connectivity index (χ0v) is 10.5. The Morgan fingerprint density at radius 2 is 1.35 bits per heavy atom. The van der Waals surface area contributed by atoms with E-state index in [1.807, 2.05) is 0 Å². The first kappa shape index (κ1) is 13.6. The number of hydrogen-bond donors (Lipinski definition) is 0. The first-order chi connectivity index (χ1) is 8.19. The van der Waals surface area contributed by atoms with Crippen molar-refractivity contribution in [2.75, 3.05) is 33.0 Å². The molecule has 0 bridgehead atoms. The quantitative estimate of drug-likeness (QED) is 0.741. The Morgan fingerprint density at radius 3 is 1.71 bits per heavy atom. The Morgan fingerprint density at radius 1 is 0.941 bits per heavy atom. The molecule has 17 heavy (non-hydrogen) atoms. The van der Waals surface area contributed by atoms with Gasteiger partial charge in [-0.3, -0.25) is 9.80 Å². The minimum atomic E-state index is -0.372. The first-order valence-corrected chi connectivity index (χ1v) is 6.02. The molecule has 0 aliphatic carbocycles. The van der Waals surface area contributed by atoms with Gasteiger partial charge in [-0.25, -0.2) is 9.59 Å². The summed E-state index contributed by atoms with van der Waals surface area (Å²) in [7, 11) is 0. The molecular weight excluding hydrogens is 224 g/mol. The van der Waals surface area contributed by atoms with Crippen LogP contribution in [0.3, 0.4) is 0 Å². The molecule has 0 aromatic rings. The highest BCUT2D eigenvalue weighted by Gasteiger charge is 2.24. The third-order valence-electron chi connectivity index (χ3n) is 2.50. The summed E-state index contributed by atoms with van der Waals surface area (Å²) in [6.45, 7) is 5.70. The second kappa shape index (κ2) is 6.98. The predicted octanol–water partition coefficient (Wildman–Crippen LogP) is 1.65. The molecule has 98 valence electrons. The molecular formula is C11H20N2O4. The van der Waals surface area contributed by atoms with E-state index >= 15 is 0 Å². The van der Waals surface area contributed by atoms with Crippen molar-refractivity contribution in [1.82, 2.24) is 9.80 Å². The summed E-state index contributed by atoms with van der Waals surface area (Å²) in [5.41, 5.74) is 0. The smallest absolute Gasteiger partial charge is 0.411 e. The molecule has 1 aliphatic rings. The highest BCUT2D eigenvalue weighted by atomic mass is 16.6. The average molecular weight is 244 g/mol. The molecule has 6 nitrogen and oxygen atoms in total. The van der Waals surface area contributed by atoms with E-state index in [0.29, 0.717) is 26.3 Å². The van der Waals surface area contributed by atoms with E-state index in [2.05, 4.69) is 0 Å². The standard InChI is InChI=1S/C11H20N2O4/c1-3-16-10(14)12-7-5-6-8-13(9-12)11(15)17-4-2/h3-9H2,1-2H3. The summed E-state index contributed by atoms with van der Waals surface area (Å²) in [5, 5.41) is 0. The normalized spacial score (nSPS) is 16.4. The van der Waals surface area contributed by atoms with Gasteiger partial charge in [0, 0.05) is 13.1 Å². The summed E-state index contributed by atoms with van der Waals surface area (Å²) in [6, 6.07) is 0. The minimum absolute atomic E-state index is 0.248. The fraction of sp³-hybridized carbons (Fsp3) is 0.818. The van der Waals surface area contributed by atoms with Crippen molar-refractivity contribution in [3.05, 3.63) is 0 Å². The number of carbonyl (C=O) groups is 2. The maximum absolute atomic E-state index is 11.6. The fourth-order valence-corrected chi connectivity index (χ4v) is 1.68. The third kappa shape index (κ3) is 4.13. The van der Waals surface area contributed by atoms with E-state index in [-0.39, 0.29) is 18.9 Å². The molecule has 1 aliphatic heterocycles. The van der Waals surface area contributed by atoms with Crippen LogP contribution < -0.4 is 0 Å². The van der Waals surface area contributed by atoms with Crippen LogP contribution >= 0.6 is 0 Å². The Balaban J connectivity index is 2.56. The van der Waals surface area contributed by atoms with Gasteiger partial charge in [-0.05, 0) is 26.7 Å². The van der Waals surface area contributed by atoms with Gasteiger partial charge in [0.25, 0.3) is 0 Å². The lowest BCUT2D eigenvalue weighted by molar-refractivity contribution is 0.0703. The lowest BCUT2D eigenvalue weighted by atomic mass is 10.3. The van der Waals surface area contributed by atoms with E-state index < -0.39 is 0 Å². The van der Waals surface area contributed by atoms with Crippen LogP contribution in [-0.4, -0.2) is 55.0 Å². The second-order valence-electron chi connectivity index (χ2n) is 3.77. The molecule has 1 rings (SSSR count). The van der Waals surface area contributed by atoms with Crippen molar-refractivity contribution in [1.29, 1.82) is 0 Å². The Bertz CT molecular complexity index is 244. The van der Waals surface area contributed by atoms with Crippen LogP contribution in [0, 0.1) is 0 Å². The summed E-state index contributed by atoms with van der Waals surface area (Å²) in [5.74, 6) is 0. The Labute approximate surface area is 101 Å². The molecule has 6 heteroatoms. The van der Waals surface area contributed by atoms with Crippen molar-refractivity contribution < 1.29 is 19.1 Å². The molecule has 0 saturated carbocycles. The molecule has 0 radical (unpaired) electrons. The van der Waals surface area contributed by atoms with E-state index in [9.17, 15) is 9.59 Å². The predicted molar refractivity (Wildman–Crippen MR) is 61.6 cm³/mol. The summed E-state index contributed by atoms with van der Waals surface area (Å²) in [4.78, 5) is 26.3. The van der Waals surface area contributed by atoms with Crippen LogP contribution in [0.2, 0.25) is 0 Å². The second-order valence-corrected chi connectivity index (χ2v) is 3.77. The van der Waals surface area contributed by atoms with Gasteiger partial charge in [0.15, 0.2) is 0 Å². The zero-order chi connectivity index (χ0) is 12.7. The van der Waals surface area contributed by atoms with Gasteiger partial charge in [0.05, 0.1) is 13.2 Å².